The van der Waals surface area contributed by atoms with Crippen LogP contribution in [-0.2, 0) is 14.3 Å². The molecule has 2 unspecified atom stereocenters. The third-order valence-electron chi connectivity index (χ3n) is 3.03. The summed E-state index contributed by atoms with van der Waals surface area (Å²) >= 11 is 0. The summed E-state index contributed by atoms with van der Waals surface area (Å²) in [6, 6.07) is 0. The monoisotopic (exact) mass is 223 g/mol. The fourth-order valence-electron chi connectivity index (χ4n) is 1.89. The number of carbonyl (C=O) groups excluding carboxylic acids is 1. The first kappa shape index (κ1) is 12.2. The van der Waals surface area contributed by atoms with Gasteiger partial charge in [0.1, 0.15) is 0 Å². The predicted molar refractivity (Wildman–Crippen MR) is 55.1 cm³/mol. The van der Waals surface area contributed by atoms with E-state index in [1.807, 2.05) is 0 Å². The molecule has 0 aliphatic heterocycles. The van der Waals surface area contributed by atoms with Gasteiger partial charge in [0.15, 0.2) is 0 Å². The summed E-state index contributed by atoms with van der Waals surface area (Å²) in [6.45, 7) is 10.4. The van der Waals surface area contributed by atoms with Crippen molar-refractivity contribution < 1.29 is 19.4 Å². The molecule has 5 heteroatoms. The second kappa shape index (κ2) is 3.97. The van der Waals surface area contributed by atoms with E-state index in [1.165, 1.54) is 13.2 Å². The SMILES string of the molecule is [C-]#[N+]C(=CC1C(C(=O)O)C1(C)C)C(=O)OC. The Hall–Kier alpha value is -1.83. The molecule has 1 saturated carbocycles. The van der Waals surface area contributed by atoms with Crippen LogP contribution < -0.4 is 0 Å². The van der Waals surface area contributed by atoms with E-state index in [4.69, 9.17) is 11.7 Å². The third kappa shape index (κ3) is 1.91. The smallest absolute Gasteiger partial charge is 0.335 e. The summed E-state index contributed by atoms with van der Waals surface area (Å²) in [5.74, 6) is -2.44. The van der Waals surface area contributed by atoms with Gasteiger partial charge < -0.3 is 9.84 Å². The fourth-order valence-corrected chi connectivity index (χ4v) is 1.89. The summed E-state index contributed by atoms with van der Waals surface area (Å²) in [6.07, 6.45) is 1.40. The van der Waals surface area contributed by atoms with Crippen LogP contribution in [0.15, 0.2) is 11.8 Å². The molecular formula is C11H13NO4. The van der Waals surface area contributed by atoms with Crippen LogP contribution in [0.2, 0.25) is 0 Å². The zero-order chi connectivity index (χ0) is 12.5. The van der Waals surface area contributed by atoms with Crippen molar-refractivity contribution in [3.05, 3.63) is 23.2 Å². The first-order valence-corrected chi connectivity index (χ1v) is 4.76. The number of carboxylic acids is 1. The molecule has 16 heavy (non-hydrogen) atoms. The maximum Gasteiger partial charge on any atom is 0.335 e. The van der Waals surface area contributed by atoms with Crippen molar-refractivity contribution in [1.82, 2.24) is 0 Å². The maximum atomic E-state index is 11.1. The lowest BCUT2D eigenvalue weighted by molar-refractivity contribution is -0.139. The zero-order valence-electron chi connectivity index (χ0n) is 9.35. The van der Waals surface area contributed by atoms with Crippen molar-refractivity contribution in [2.24, 2.45) is 17.3 Å². The van der Waals surface area contributed by atoms with E-state index in [0.717, 1.165) is 0 Å². The normalized spacial score (nSPS) is 26.8. The average Bonchev–Trinajstić information content (AvgIpc) is 2.75. The number of methoxy groups -OCH3 is 1. The number of aliphatic carboxylic acids is 1. The number of ether oxygens (including phenoxy) is 1. The average molecular weight is 223 g/mol. The molecule has 1 rings (SSSR count). The number of hydrogen-bond donors (Lipinski definition) is 1. The summed E-state index contributed by atoms with van der Waals surface area (Å²) in [5.41, 5.74) is -0.556. The van der Waals surface area contributed by atoms with Crippen LogP contribution in [0.3, 0.4) is 0 Å². The molecule has 86 valence electrons. The Kier molecular flexibility index (Phi) is 3.04. The van der Waals surface area contributed by atoms with E-state index in [1.54, 1.807) is 13.8 Å². The molecule has 0 spiro atoms. The third-order valence-corrected chi connectivity index (χ3v) is 3.03. The Balaban J connectivity index is 2.91. The summed E-state index contributed by atoms with van der Waals surface area (Å²) in [7, 11) is 1.19. The van der Waals surface area contributed by atoms with Crippen molar-refractivity contribution in [3.63, 3.8) is 0 Å². The standard InChI is InChI=1S/C11H13NO4/c1-11(2)6(8(11)9(13)14)5-7(12-3)10(15)16-4/h5-6,8H,1-2,4H3,(H,13,14). The summed E-state index contributed by atoms with van der Waals surface area (Å²) < 4.78 is 4.43. The van der Waals surface area contributed by atoms with Gasteiger partial charge in [-0.3, -0.25) is 9.59 Å². The van der Waals surface area contributed by atoms with Crippen molar-refractivity contribution in [1.29, 1.82) is 0 Å². The number of rotatable bonds is 3. The highest BCUT2D eigenvalue weighted by atomic mass is 16.5. The van der Waals surface area contributed by atoms with Gasteiger partial charge in [-0.25, -0.2) is 4.85 Å². The van der Waals surface area contributed by atoms with Gasteiger partial charge >= 0.3 is 11.9 Å². The Morgan fingerprint density at radius 2 is 2.06 bits per heavy atom. The van der Waals surface area contributed by atoms with Gasteiger partial charge in [0, 0.05) is 0 Å². The van der Waals surface area contributed by atoms with Gasteiger partial charge in [-0.1, -0.05) is 19.9 Å². The minimum Gasteiger partial charge on any atom is -0.481 e. The summed E-state index contributed by atoms with van der Waals surface area (Å²) in [5, 5.41) is 8.92. The van der Waals surface area contributed by atoms with Gasteiger partial charge in [0.2, 0.25) is 0 Å². The molecule has 0 aromatic carbocycles. The van der Waals surface area contributed by atoms with Crippen LogP contribution in [0.25, 0.3) is 4.85 Å². The number of hydrogen-bond acceptors (Lipinski definition) is 3. The predicted octanol–water partition coefficient (Wildman–Crippen LogP) is 1.32. The van der Waals surface area contributed by atoms with Crippen molar-refractivity contribution >= 4 is 11.9 Å². The Morgan fingerprint density at radius 3 is 2.38 bits per heavy atom. The molecule has 2 atom stereocenters. The largest absolute Gasteiger partial charge is 0.481 e. The molecule has 1 aliphatic rings. The molecular weight excluding hydrogens is 210 g/mol. The van der Waals surface area contributed by atoms with Crippen LogP contribution in [0.1, 0.15) is 13.8 Å². The second-order valence-electron chi connectivity index (χ2n) is 4.32. The Morgan fingerprint density at radius 1 is 1.50 bits per heavy atom. The number of nitrogens with zero attached hydrogens (tertiary/aromatic N) is 1. The van der Waals surface area contributed by atoms with Crippen LogP contribution in [0.5, 0.6) is 0 Å². The molecule has 0 bridgehead atoms. The van der Waals surface area contributed by atoms with Gasteiger partial charge in [-0.05, 0) is 11.3 Å². The fraction of sp³-hybridized carbons (Fsp3) is 0.545. The highest BCUT2D eigenvalue weighted by Gasteiger charge is 2.60. The topological polar surface area (TPSA) is 68.0 Å². The molecule has 1 fully saturated rings. The number of allylic oxidation sites excluding steroid dienone is 1. The molecule has 5 nitrogen and oxygen atoms in total. The zero-order valence-corrected chi connectivity index (χ0v) is 9.35. The lowest BCUT2D eigenvalue weighted by atomic mass is 10.1. The molecule has 0 radical (unpaired) electrons. The quantitative estimate of drug-likeness (QED) is 0.445. The van der Waals surface area contributed by atoms with Crippen molar-refractivity contribution in [3.8, 4) is 0 Å². The van der Waals surface area contributed by atoms with Crippen LogP contribution >= 0.6 is 0 Å². The van der Waals surface area contributed by atoms with E-state index in [-0.39, 0.29) is 11.6 Å². The first-order valence-electron chi connectivity index (χ1n) is 4.76. The van der Waals surface area contributed by atoms with E-state index in [9.17, 15) is 9.59 Å². The molecule has 0 saturated heterocycles. The molecule has 1 N–H and O–H groups in total. The van der Waals surface area contributed by atoms with E-state index < -0.39 is 23.3 Å². The minimum atomic E-state index is -0.902. The molecule has 0 heterocycles. The van der Waals surface area contributed by atoms with Crippen LogP contribution in [-0.4, -0.2) is 24.2 Å². The number of esters is 1. The van der Waals surface area contributed by atoms with Gasteiger partial charge in [-0.2, -0.15) is 0 Å². The van der Waals surface area contributed by atoms with E-state index in [0.29, 0.717) is 0 Å². The van der Waals surface area contributed by atoms with E-state index >= 15 is 0 Å². The number of carbonyl (C=O) groups is 2. The van der Waals surface area contributed by atoms with Crippen molar-refractivity contribution in [2.45, 2.75) is 13.8 Å². The van der Waals surface area contributed by atoms with Gasteiger partial charge in [-0.15, -0.1) is 0 Å². The molecule has 0 aromatic rings. The van der Waals surface area contributed by atoms with Crippen molar-refractivity contribution in [2.75, 3.05) is 7.11 Å². The first-order chi connectivity index (χ1) is 7.36. The molecule has 1 aliphatic carbocycles. The van der Waals surface area contributed by atoms with Crippen LogP contribution in [0.4, 0.5) is 0 Å². The highest BCUT2D eigenvalue weighted by Crippen LogP contribution is 2.59. The maximum absolute atomic E-state index is 11.1. The summed E-state index contributed by atoms with van der Waals surface area (Å²) in [4.78, 5) is 25.1. The molecule has 0 aromatic heterocycles. The second-order valence-corrected chi connectivity index (χ2v) is 4.32. The highest BCUT2D eigenvalue weighted by molar-refractivity contribution is 5.90. The van der Waals surface area contributed by atoms with Gasteiger partial charge in [0.25, 0.3) is 5.70 Å². The Bertz CT molecular complexity index is 403. The molecule has 0 amide bonds. The Labute approximate surface area is 93.5 Å². The lowest BCUT2D eigenvalue weighted by Crippen LogP contribution is -2.03. The lowest BCUT2D eigenvalue weighted by Gasteiger charge is -1.98. The van der Waals surface area contributed by atoms with Crippen LogP contribution in [0, 0.1) is 23.8 Å². The van der Waals surface area contributed by atoms with Gasteiger partial charge in [0.05, 0.1) is 19.6 Å². The number of carboxylic acid groups (broad SMARTS) is 1. The van der Waals surface area contributed by atoms with E-state index in [2.05, 4.69) is 9.58 Å². The minimum absolute atomic E-state index is 0.149.